The number of carboxylic acids is 1. The van der Waals surface area contributed by atoms with Crippen LogP contribution in [0.4, 0.5) is 13.2 Å². The van der Waals surface area contributed by atoms with Crippen molar-refractivity contribution in [2.75, 3.05) is 32.7 Å². The molecule has 29 heavy (non-hydrogen) atoms. The average Bonchev–Trinajstić information content (AvgIpc) is 2.66. The van der Waals surface area contributed by atoms with Crippen LogP contribution in [0.15, 0.2) is 21.9 Å². The molecule has 8 nitrogen and oxygen atoms in total. The number of rotatable bonds is 4. The molecule has 0 bridgehead atoms. The second-order valence-electron chi connectivity index (χ2n) is 7.50. The number of aromatic nitrogens is 2. The SMILES string of the molecule is O=C(O)C(F)(F)F.O=c1ccn(CC2CCN(CC3CCNCC3)CC2)c(=O)[nH]1. The van der Waals surface area contributed by atoms with Crippen LogP contribution in [0.1, 0.15) is 25.7 Å². The number of H-pyrrole nitrogens is 1. The molecule has 3 heterocycles. The summed E-state index contributed by atoms with van der Waals surface area (Å²) in [5, 5.41) is 10.5. The Hall–Kier alpha value is -2.14. The van der Waals surface area contributed by atoms with Crippen molar-refractivity contribution >= 4 is 5.97 Å². The first-order valence-corrected chi connectivity index (χ1v) is 9.68. The molecule has 2 fully saturated rings. The van der Waals surface area contributed by atoms with Crippen molar-refractivity contribution in [3.63, 3.8) is 0 Å². The normalized spacial score (nSPS) is 19.4. The first-order chi connectivity index (χ1) is 13.6. The minimum absolute atomic E-state index is 0.287. The van der Waals surface area contributed by atoms with E-state index in [9.17, 15) is 22.8 Å². The Labute approximate surface area is 165 Å². The summed E-state index contributed by atoms with van der Waals surface area (Å²) in [6.45, 7) is 6.54. The fourth-order valence-corrected chi connectivity index (χ4v) is 3.65. The number of aliphatic carboxylic acids is 1. The molecule has 2 aliphatic rings. The predicted octanol–water partition coefficient (Wildman–Crippen LogP) is 0.881. The monoisotopic (exact) mass is 420 g/mol. The minimum atomic E-state index is -5.08. The Morgan fingerprint density at radius 3 is 2.14 bits per heavy atom. The predicted molar refractivity (Wildman–Crippen MR) is 99.8 cm³/mol. The topological polar surface area (TPSA) is 107 Å². The van der Waals surface area contributed by atoms with Gasteiger partial charge in [0.25, 0.3) is 5.56 Å². The number of nitrogens with one attached hydrogen (secondary N) is 2. The van der Waals surface area contributed by atoms with Crippen LogP contribution in [0.2, 0.25) is 0 Å². The van der Waals surface area contributed by atoms with Crippen LogP contribution in [0, 0.1) is 11.8 Å². The second-order valence-corrected chi connectivity index (χ2v) is 7.50. The third-order valence-electron chi connectivity index (χ3n) is 5.28. The van der Waals surface area contributed by atoms with Crippen molar-refractivity contribution in [3.8, 4) is 0 Å². The molecule has 11 heteroatoms. The number of aromatic amines is 1. The lowest BCUT2D eigenvalue weighted by atomic mass is 9.93. The highest BCUT2D eigenvalue weighted by molar-refractivity contribution is 5.73. The highest BCUT2D eigenvalue weighted by Crippen LogP contribution is 2.21. The summed E-state index contributed by atoms with van der Waals surface area (Å²) in [6.07, 6.45) is 1.40. The fraction of sp³-hybridized carbons (Fsp3) is 0.722. The number of likely N-dealkylation sites (tertiary alicyclic amines) is 1. The number of carbonyl (C=O) groups is 1. The molecule has 3 N–H and O–H groups in total. The standard InChI is InChI=1S/C16H26N4O2.C2HF3O2/c21-15-5-10-20(16(22)18-15)12-14-3-8-19(9-4-14)11-13-1-6-17-7-2-13;3-2(4,5)1(6)7/h5,10,13-14,17H,1-4,6-9,11-12H2,(H,18,21,22);(H,6,7). The van der Waals surface area contributed by atoms with Gasteiger partial charge in [0.1, 0.15) is 0 Å². The fourth-order valence-electron chi connectivity index (χ4n) is 3.65. The lowest BCUT2D eigenvalue weighted by molar-refractivity contribution is -0.192. The van der Waals surface area contributed by atoms with E-state index in [2.05, 4.69) is 15.2 Å². The zero-order valence-corrected chi connectivity index (χ0v) is 16.1. The minimum Gasteiger partial charge on any atom is -0.475 e. The lowest BCUT2D eigenvalue weighted by Gasteiger charge is -2.35. The van der Waals surface area contributed by atoms with Gasteiger partial charge in [0.15, 0.2) is 0 Å². The molecular weight excluding hydrogens is 393 g/mol. The van der Waals surface area contributed by atoms with Gasteiger partial charge < -0.3 is 19.9 Å². The molecule has 0 amide bonds. The Kier molecular flexibility index (Phi) is 8.45. The Balaban J connectivity index is 0.000000370. The molecule has 0 aromatic carbocycles. The average molecular weight is 420 g/mol. The van der Waals surface area contributed by atoms with E-state index in [-0.39, 0.29) is 11.2 Å². The zero-order valence-electron chi connectivity index (χ0n) is 16.1. The maximum Gasteiger partial charge on any atom is 0.490 e. The van der Waals surface area contributed by atoms with Gasteiger partial charge in [-0.25, -0.2) is 9.59 Å². The Bertz CT molecular complexity index is 763. The van der Waals surface area contributed by atoms with Gasteiger partial charge in [0, 0.05) is 25.4 Å². The first-order valence-electron chi connectivity index (χ1n) is 9.68. The van der Waals surface area contributed by atoms with E-state index in [4.69, 9.17) is 9.90 Å². The number of alkyl halides is 3. The number of carboxylic acid groups (broad SMARTS) is 1. The van der Waals surface area contributed by atoms with Gasteiger partial charge in [0.05, 0.1) is 0 Å². The molecule has 0 spiro atoms. The maximum atomic E-state index is 11.7. The molecule has 1 aromatic rings. The smallest absolute Gasteiger partial charge is 0.475 e. The second kappa shape index (κ2) is 10.6. The maximum absolute atomic E-state index is 11.7. The van der Waals surface area contributed by atoms with Crippen molar-refractivity contribution < 1.29 is 23.1 Å². The summed E-state index contributed by atoms with van der Waals surface area (Å²) in [5.41, 5.74) is -0.609. The highest BCUT2D eigenvalue weighted by atomic mass is 19.4. The third-order valence-corrected chi connectivity index (χ3v) is 5.28. The van der Waals surface area contributed by atoms with Crippen LogP contribution in [0.25, 0.3) is 0 Å². The van der Waals surface area contributed by atoms with Gasteiger partial charge in [-0.1, -0.05) is 0 Å². The summed E-state index contributed by atoms with van der Waals surface area (Å²) in [5.74, 6) is -1.38. The van der Waals surface area contributed by atoms with Crippen molar-refractivity contribution in [1.82, 2.24) is 19.8 Å². The molecule has 2 saturated heterocycles. The van der Waals surface area contributed by atoms with Gasteiger partial charge in [-0.2, -0.15) is 13.2 Å². The molecule has 0 unspecified atom stereocenters. The summed E-state index contributed by atoms with van der Waals surface area (Å²) in [6, 6.07) is 1.42. The molecule has 0 saturated carbocycles. The van der Waals surface area contributed by atoms with Gasteiger partial charge in [-0.05, 0) is 63.7 Å². The molecule has 164 valence electrons. The quantitative estimate of drug-likeness (QED) is 0.668. The molecule has 2 aliphatic heterocycles. The summed E-state index contributed by atoms with van der Waals surface area (Å²) in [7, 11) is 0. The van der Waals surface area contributed by atoms with Crippen LogP contribution in [-0.4, -0.2) is 64.4 Å². The zero-order chi connectivity index (χ0) is 21.4. The van der Waals surface area contributed by atoms with Crippen LogP contribution in [0.5, 0.6) is 0 Å². The number of halogens is 3. The van der Waals surface area contributed by atoms with Gasteiger partial charge in [-0.15, -0.1) is 0 Å². The molecule has 3 rings (SSSR count). The first kappa shape index (κ1) is 23.1. The van der Waals surface area contributed by atoms with Crippen molar-refractivity contribution in [2.24, 2.45) is 11.8 Å². The number of hydrogen-bond acceptors (Lipinski definition) is 5. The van der Waals surface area contributed by atoms with Crippen LogP contribution >= 0.6 is 0 Å². The van der Waals surface area contributed by atoms with E-state index in [0.717, 1.165) is 51.5 Å². The lowest BCUT2D eigenvalue weighted by Crippen LogP contribution is -2.41. The molecule has 0 radical (unpaired) electrons. The molecule has 1 aromatic heterocycles. The highest BCUT2D eigenvalue weighted by Gasteiger charge is 2.38. The molecule has 0 atom stereocenters. The van der Waals surface area contributed by atoms with E-state index >= 15 is 0 Å². The van der Waals surface area contributed by atoms with Crippen LogP contribution < -0.4 is 16.6 Å². The van der Waals surface area contributed by atoms with Crippen molar-refractivity contribution in [2.45, 2.75) is 38.4 Å². The third kappa shape index (κ3) is 8.01. The number of piperidine rings is 2. The number of nitrogens with zero attached hydrogens (tertiary/aromatic N) is 2. The summed E-state index contributed by atoms with van der Waals surface area (Å²) < 4.78 is 33.4. The van der Waals surface area contributed by atoms with E-state index in [1.165, 1.54) is 25.5 Å². The molecule has 0 aliphatic carbocycles. The van der Waals surface area contributed by atoms with E-state index in [0.29, 0.717) is 5.92 Å². The van der Waals surface area contributed by atoms with Crippen molar-refractivity contribution in [1.29, 1.82) is 0 Å². The van der Waals surface area contributed by atoms with E-state index in [1.54, 1.807) is 10.8 Å². The van der Waals surface area contributed by atoms with Crippen LogP contribution in [0.3, 0.4) is 0 Å². The van der Waals surface area contributed by atoms with E-state index < -0.39 is 12.1 Å². The van der Waals surface area contributed by atoms with Crippen molar-refractivity contribution in [3.05, 3.63) is 33.1 Å². The summed E-state index contributed by atoms with van der Waals surface area (Å²) in [4.78, 5) is 36.6. The van der Waals surface area contributed by atoms with Crippen LogP contribution in [-0.2, 0) is 11.3 Å². The Morgan fingerprint density at radius 2 is 1.62 bits per heavy atom. The number of hydrogen-bond donors (Lipinski definition) is 3. The van der Waals surface area contributed by atoms with E-state index in [1.807, 2.05) is 0 Å². The molecular formula is C18H27F3N4O4. The van der Waals surface area contributed by atoms with Gasteiger partial charge >= 0.3 is 17.8 Å². The summed E-state index contributed by atoms with van der Waals surface area (Å²) >= 11 is 0. The Morgan fingerprint density at radius 1 is 1.07 bits per heavy atom. The van der Waals surface area contributed by atoms with Gasteiger partial charge in [-0.3, -0.25) is 9.78 Å². The van der Waals surface area contributed by atoms with Gasteiger partial charge in [0.2, 0.25) is 0 Å². The largest absolute Gasteiger partial charge is 0.490 e.